The molecule has 2 unspecified atom stereocenters. The van der Waals surface area contributed by atoms with Gasteiger partial charge in [-0.2, -0.15) is 0 Å². The summed E-state index contributed by atoms with van der Waals surface area (Å²) in [5.74, 6) is 7.02. The first-order valence-electron chi connectivity index (χ1n) is 17.5. The molecule has 12 atom stereocenters. The van der Waals surface area contributed by atoms with Gasteiger partial charge in [-0.25, -0.2) is 0 Å². The zero-order valence-electron chi connectivity index (χ0n) is 26.1. The van der Waals surface area contributed by atoms with E-state index < -0.39 is 0 Å². The summed E-state index contributed by atoms with van der Waals surface area (Å²) in [5, 5.41) is 0. The Labute approximate surface area is 244 Å². The lowest BCUT2D eigenvalue weighted by Crippen LogP contribution is -2.54. The van der Waals surface area contributed by atoms with Crippen LogP contribution in [-0.2, 0) is 9.59 Å². The third kappa shape index (κ3) is 3.85. The van der Waals surface area contributed by atoms with E-state index in [1.54, 1.807) is 0 Å². The summed E-state index contributed by atoms with van der Waals surface area (Å²) < 4.78 is 0. The van der Waals surface area contributed by atoms with Crippen LogP contribution >= 0.6 is 0 Å². The molecule has 0 amide bonds. The van der Waals surface area contributed by atoms with E-state index in [0.717, 1.165) is 36.5 Å². The Morgan fingerprint density at radius 2 is 0.950 bits per heavy atom. The van der Waals surface area contributed by atoms with E-state index in [9.17, 15) is 9.59 Å². The number of carbonyl (C=O) groups excluding carboxylic acids is 2. The van der Waals surface area contributed by atoms with Crippen LogP contribution in [0.25, 0.3) is 0 Å². The first kappa shape index (κ1) is 27.6. The minimum atomic E-state index is -0.0262. The lowest BCUT2D eigenvalue weighted by molar-refractivity contribution is -0.145. The Balaban J connectivity index is 0.000000132. The van der Waals surface area contributed by atoms with Gasteiger partial charge < -0.3 is 0 Å². The smallest absolute Gasteiger partial charge is 0.161 e. The minimum absolute atomic E-state index is 0.0262. The first-order valence-corrected chi connectivity index (χ1v) is 17.5. The topological polar surface area (TPSA) is 34.1 Å². The maximum Gasteiger partial charge on any atom is 0.161 e. The summed E-state index contributed by atoms with van der Waals surface area (Å²) >= 11 is 0. The molecule has 0 radical (unpaired) electrons. The number of fused-ring (bicyclic) bond motifs is 10. The van der Waals surface area contributed by atoms with Gasteiger partial charge in [-0.05, 0) is 160 Å². The zero-order chi connectivity index (χ0) is 27.9. The molecule has 0 aromatic heterocycles. The molecule has 0 aromatic carbocycles. The fourth-order valence-corrected chi connectivity index (χ4v) is 13.4. The van der Waals surface area contributed by atoms with Crippen molar-refractivity contribution < 1.29 is 9.59 Å². The van der Waals surface area contributed by atoms with Crippen molar-refractivity contribution in [1.82, 2.24) is 0 Å². The molecule has 0 bridgehead atoms. The average molecular weight is 545 g/mol. The van der Waals surface area contributed by atoms with E-state index in [0.29, 0.717) is 46.1 Å². The Morgan fingerprint density at radius 3 is 1.38 bits per heavy atom. The Hall–Kier alpha value is -1.18. The maximum absolute atomic E-state index is 12.7. The predicted octanol–water partition coefficient (Wildman–Crippen LogP) is 9.53. The van der Waals surface area contributed by atoms with Crippen LogP contribution in [-0.4, -0.2) is 11.6 Å². The second-order valence-corrected chi connectivity index (χ2v) is 17.0. The zero-order valence-corrected chi connectivity index (χ0v) is 26.1. The lowest BCUT2D eigenvalue weighted by Gasteiger charge is -2.58. The molecular weight excluding hydrogens is 488 g/mol. The normalized spacial score (nSPS) is 54.2. The molecule has 0 heterocycles. The molecule has 220 valence electrons. The second-order valence-electron chi connectivity index (χ2n) is 17.0. The average Bonchev–Trinajstić information content (AvgIpc) is 3.53. The van der Waals surface area contributed by atoms with Gasteiger partial charge in [0.2, 0.25) is 0 Å². The number of hydrogen-bond donors (Lipinski definition) is 0. The Bertz CT molecular complexity index is 1010. The van der Waals surface area contributed by atoms with Gasteiger partial charge in [0, 0.05) is 10.8 Å². The molecule has 6 saturated carbocycles. The fourth-order valence-electron chi connectivity index (χ4n) is 13.4. The van der Waals surface area contributed by atoms with Crippen LogP contribution in [0.4, 0.5) is 0 Å². The third-order valence-corrected chi connectivity index (χ3v) is 15.8. The molecular formula is C38H56O2. The molecule has 0 saturated heterocycles. The monoisotopic (exact) mass is 544 g/mol. The van der Waals surface area contributed by atoms with Gasteiger partial charge in [0.25, 0.3) is 0 Å². The van der Waals surface area contributed by atoms with Crippen molar-refractivity contribution >= 4 is 11.6 Å². The quantitative estimate of drug-likeness (QED) is 0.304. The molecule has 40 heavy (non-hydrogen) atoms. The summed E-state index contributed by atoms with van der Waals surface area (Å²) in [7, 11) is 0. The van der Waals surface area contributed by atoms with Crippen LogP contribution in [0.1, 0.15) is 130 Å². The van der Waals surface area contributed by atoms with Gasteiger partial charge in [0.05, 0.1) is 0 Å². The second kappa shape index (κ2) is 9.67. The molecule has 6 fully saturated rings. The summed E-state index contributed by atoms with van der Waals surface area (Å²) in [6, 6.07) is 0. The highest BCUT2D eigenvalue weighted by atomic mass is 16.1. The highest BCUT2D eigenvalue weighted by molar-refractivity contribution is 5.96. The lowest BCUT2D eigenvalue weighted by atomic mass is 9.46. The molecule has 8 rings (SSSR count). The highest BCUT2D eigenvalue weighted by Gasteiger charge is 2.60. The van der Waals surface area contributed by atoms with Gasteiger partial charge in [0.15, 0.2) is 11.6 Å². The van der Waals surface area contributed by atoms with Crippen molar-refractivity contribution in [3.05, 3.63) is 24.3 Å². The van der Waals surface area contributed by atoms with E-state index in [1.165, 1.54) is 89.9 Å². The van der Waals surface area contributed by atoms with Crippen molar-refractivity contribution in [2.75, 3.05) is 0 Å². The van der Waals surface area contributed by atoms with Crippen LogP contribution in [0.2, 0.25) is 0 Å². The SMILES string of the molecule is C[C@@]12CCC[C@H]1[C@@H]1CCC3CC=CC(=O)[C@]3(C)[C@H]1CC2.C[C@@]12CCC[C@H]1[C@@H]1CCC3CC=CC(=O)[C@]3(C)[C@H]1CC2. The molecule has 0 aliphatic heterocycles. The highest BCUT2D eigenvalue weighted by Crippen LogP contribution is 2.66. The van der Waals surface area contributed by atoms with Crippen molar-refractivity contribution in [3.8, 4) is 0 Å². The van der Waals surface area contributed by atoms with Crippen molar-refractivity contribution in [1.29, 1.82) is 0 Å². The summed E-state index contributed by atoms with van der Waals surface area (Å²) in [5.41, 5.74) is 1.17. The molecule has 2 heteroatoms. The molecule has 8 aliphatic carbocycles. The van der Waals surface area contributed by atoms with E-state index >= 15 is 0 Å². The third-order valence-electron chi connectivity index (χ3n) is 15.8. The van der Waals surface area contributed by atoms with Gasteiger partial charge >= 0.3 is 0 Å². The van der Waals surface area contributed by atoms with Crippen LogP contribution in [0.5, 0.6) is 0 Å². The standard InChI is InChI=1S/2C19H28O/c2*1-18-11-4-6-15(18)14-9-8-13-5-3-7-17(20)19(13,2)16(14)10-12-18/h2*3,7,13-16H,4-6,8-12H2,1-2H3/t2*13?,14-,15-,16-,18-,19-/m00/s1. The van der Waals surface area contributed by atoms with E-state index in [2.05, 4.69) is 39.8 Å². The van der Waals surface area contributed by atoms with E-state index in [4.69, 9.17) is 0 Å². The first-order chi connectivity index (χ1) is 19.1. The maximum atomic E-state index is 12.7. The van der Waals surface area contributed by atoms with Crippen molar-refractivity contribution in [3.63, 3.8) is 0 Å². The number of carbonyl (C=O) groups is 2. The van der Waals surface area contributed by atoms with Gasteiger partial charge in [-0.15, -0.1) is 0 Å². The van der Waals surface area contributed by atoms with Crippen LogP contribution in [0.15, 0.2) is 24.3 Å². The molecule has 8 aliphatic rings. The number of ketones is 2. The molecule has 0 spiro atoms. The van der Waals surface area contributed by atoms with E-state index in [-0.39, 0.29) is 10.8 Å². The summed E-state index contributed by atoms with van der Waals surface area (Å²) in [6.45, 7) is 9.71. The van der Waals surface area contributed by atoms with E-state index in [1.807, 2.05) is 12.2 Å². The number of rotatable bonds is 0. The fraction of sp³-hybridized carbons (Fsp3) is 0.842. The summed E-state index contributed by atoms with van der Waals surface area (Å²) in [6.07, 6.45) is 29.7. The molecule has 0 N–H and O–H groups in total. The number of allylic oxidation sites excluding steroid dienone is 4. The van der Waals surface area contributed by atoms with Gasteiger partial charge in [0.1, 0.15) is 0 Å². The summed E-state index contributed by atoms with van der Waals surface area (Å²) in [4.78, 5) is 25.4. The van der Waals surface area contributed by atoms with Crippen molar-refractivity contribution in [2.24, 2.45) is 69.0 Å². The van der Waals surface area contributed by atoms with Crippen LogP contribution in [0, 0.1) is 69.0 Å². The Morgan fingerprint density at radius 1 is 0.525 bits per heavy atom. The van der Waals surface area contributed by atoms with Crippen LogP contribution < -0.4 is 0 Å². The minimum Gasteiger partial charge on any atom is -0.294 e. The predicted molar refractivity (Wildman–Crippen MR) is 163 cm³/mol. The van der Waals surface area contributed by atoms with Crippen molar-refractivity contribution in [2.45, 2.75) is 130 Å². The molecule has 2 nitrogen and oxygen atoms in total. The largest absolute Gasteiger partial charge is 0.294 e. The van der Waals surface area contributed by atoms with Crippen LogP contribution in [0.3, 0.4) is 0 Å². The van der Waals surface area contributed by atoms with Gasteiger partial charge in [-0.3, -0.25) is 9.59 Å². The molecule has 0 aromatic rings. The van der Waals surface area contributed by atoms with Gasteiger partial charge in [-0.1, -0.05) is 52.7 Å². The Kier molecular flexibility index (Phi) is 6.68. The number of hydrogen-bond acceptors (Lipinski definition) is 2.